The average molecular weight is 326 g/mol. The lowest BCUT2D eigenvalue weighted by atomic mass is 10.1. The van der Waals surface area contributed by atoms with Crippen molar-refractivity contribution in [2.75, 3.05) is 5.32 Å². The van der Waals surface area contributed by atoms with Crippen molar-refractivity contribution in [1.29, 1.82) is 0 Å². The van der Waals surface area contributed by atoms with E-state index in [9.17, 15) is 14.0 Å². The Kier molecular flexibility index (Phi) is 4.89. The molecule has 3 rings (SSSR count). The monoisotopic (exact) mass is 326 g/mol. The number of anilines is 1. The number of hydrogen-bond donors (Lipinski definition) is 2. The molecule has 124 valence electrons. The summed E-state index contributed by atoms with van der Waals surface area (Å²) in [5.41, 5.74) is 2.33. The Labute approximate surface area is 140 Å². The lowest BCUT2D eigenvalue weighted by Gasteiger charge is -2.07. The zero-order valence-corrected chi connectivity index (χ0v) is 13.2. The molecule has 2 aromatic rings. The normalized spacial score (nSPS) is 13.4. The summed E-state index contributed by atoms with van der Waals surface area (Å²) < 4.78 is 12.8. The van der Waals surface area contributed by atoms with Crippen LogP contribution in [0.15, 0.2) is 48.5 Å². The largest absolute Gasteiger partial charge is 0.353 e. The summed E-state index contributed by atoms with van der Waals surface area (Å²) in [6.45, 7) is 0. The standard InChI is InChI=1S/C19H19FN2O2/c20-15-5-1-13(2-6-15)11-18(23)21-16-7-3-14(4-8-16)12-19(24)22-17-9-10-17/h1-8,17H,9-12H2,(H,21,23)(H,22,24). The van der Waals surface area contributed by atoms with Crippen molar-refractivity contribution < 1.29 is 14.0 Å². The molecule has 0 aliphatic heterocycles. The molecule has 2 amide bonds. The van der Waals surface area contributed by atoms with Crippen LogP contribution in [0.25, 0.3) is 0 Å². The highest BCUT2D eigenvalue weighted by molar-refractivity contribution is 5.92. The van der Waals surface area contributed by atoms with Crippen LogP contribution in [-0.2, 0) is 22.4 Å². The summed E-state index contributed by atoms with van der Waals surface area (Å²) in [7, 11) is 0. The number of hydrogen-bond acceptors (Lipinski definition) is 2. The van der Waals surface area contributed by atoms with Crippen molar-refractivity contribution in [3.05, 3.63) is 65.5 Å². The predicted molar refractivity (Wildman–Crippen MR) is 90.0 cm³/mol. The predicted octanol–water partition coefficient (Wildman–Crippen LogP) is 2.83. The molecule has 2 N–H and O–H groups in total. The molecule has 1 saturated carbocycles. The second-order valence-corrected chi connectivity index (χ2v) is 6.07. The SMILES string of the molecule is O=C(Cc1ccc(F)cc1)Nc1ccc(CC(=O)NC2CC2)cc1. The summed E-state index contributed by atoms with van der Waals surface area (Å²) in [5, 5.41) is 5.74. The van der Waals surface area contributed by atoms with Gasteiger partial charge in [-0.3, -0.25) is 9.59 Å². The van der Waals surface area contributed by atoms with Gasteiger partial charge < -0.3 is 10.6 Å². The van der Waals surface area contributed by atoms with Crippen LogP contribution in [0, 0.1) is 5.82 Å². The van der Waals surface area contributed by atoms with Crippen LogP contribution in [0.4, 0.5) is 10.1 Å². The lowest BCUT2D eigenvalue weighted by molar-refractivity contribution is -0.120. The Morgan fingerprint density at radius 1 is 0.875 bits per heavy atom. The highest BCUT2D eigenvalue weighted by Gasteiger charge is 2.22. The molecule has 0 unspecified atom stereocenters. The van der Waals surface area contributed by atoms with Gasteiger partial charge in [-0.25, -0.2) is 4.39 Å². The van der Waals surface area contributed by atoms with E-state index < -0.39 is 0 Å². The van der Waals surface area contributed by atoms with Gasteiger partial charge in [-0.05, 0) is 48.2 Å². The van der Waals surface area contributed by atoms with Crippen LogP contribution >= 0.6 is 0 Å². The van der Waals surface area contributed by atoms with Gasteiger partial charge in [-0.2, -0.15) is 0 Å². The number of nitrogens with one attached hydrogen (secondary N) is 2. The zero-order valence-electron chi connectivity index (χ0n) is 13.2. The van der Waals surface area contributed by atoms with E-state index in [1.54, 1.807) is 24.3 Å². The van der Waals surface area contributed by atoms with Crippen molar-refractivity contribution in [3.63, 3.8) is 0 Å². The number of carbonyl (C=O) groups excluding carboxylic acids is 2. The van der Waals surface area contributed by atoms with Crippen LogP contribution < -0.4 is 10.6 Å². The molecular formula is C19H19FN2O2. The third-order valence-electron chi connectivity index (χ3n) is 3.82. The fourth-order valence-corrected chi connectivity index (χ4v) is 2.39. The van der Waals surface area contributed by atoms with Gasteiger partial charge in [0.25, 0.3) is 0 Å². The maximum atomic E-state index is 12.8. The molecular weight excluding hydrogens is 307 g/mol. The Balaban J connectivity index is 1.50. The smallest absolute Gasteiger partial charge is 0.228 e. The Morgan fingerprint density at radius 3 is 2.00 bits per heavy atom. The van der Waals surface area contributed by atoms with E-state index in [0.29, 0.717) is 18.2 Å². The summed E-state index contributed by atoms with van der Waals surface area (Å²) in [6, 6.07) is 13.5. The van der Waals surface area contributed by atoms with Gasteiger partial charge in [0, 0.05) is 11.7 Å². The average Bonchev–Trinajstić information content (AvgIpc) is 3.35. The Hall–Kier alpha value is -2.69. The quantitative estimate of drug-likeness (QED) is 0.857. The number of benzene rings is 2. The van der Waals surface area contributed by atoms with E-state index in [0.717, 1.165) is 24.0 Å². The van der Waals surface area contributed by atoms with Crippen molar-refractivity contribution in [1.82, 2.24) is 5.32 Å². The maximum absolute atomic E-state index is 12.8. The van der Waals surface area contributed by atoms with Crippen LogP contribution in [0.2, 0.25) is 0 Å². The molecule has 1 fully saturated rings. The number of halogens is 1. The van der Waals surface area contributed by atoms with Crippen LogP contribution in [0.5, 0.6) is 0 Å². The van der Waals surface area contributed by atoms with Crippen molar-refractivity contribution in [2.24, 2.45) is 0 Å². The first-order valence-corrected chi connectivity index (χ1v) is 8.01. The minimum atomic E-state index is -0.319. The van der Waals surface area contributed by atoms with Gasteiger partial charge in [0.2, 0.25) is 11.8 Å². The Morgan fingerprint density at radius 2 is 1.42 bits per heavy atom. The molecule has 24 heavy (non-hydrogen) atoms. The molecule has 4 nitrogen and oxygen atoms in total. The molecule has 2 aromatic carbocycles. The van der Waals surface area contributed by atoms with E-state index in [-0.39, 0.29) is 24.1 Å². The van der Waals surface area contributed by atoms with Gasteiger partial charge in [0.05, 0.1) is 12.8 Å². The minimum Gasteiger partial charge on any atom is -0.353 e. The van der Waals surface area contributed by atoms with Gasteiger partial charge in [-0.15, -0.1) is 0 Å². The first-order valence-electron chi connectivity index (χ1n) is 8.01. The summed E-state index contributed by atoms with van der Waals surface area (Å²) in [6.07, 6.45) is 2.68. The summed E-state index contributed by atoms with van der Waals surface area (Å²) in [4.78, 5) is 23.7. The molecule has 0 spiro atoms. The van der Waals surface area contributed by atoms with Crippen LogP contribution in [0.3, 0.4) is 0 Å². The topological polar surface area (TPSA) is 58.2 Å². The lowest BCUT2D eigenvalue weighted by Crippen LogP contribution is -2.26. The molecule has 1 aliphatic rings. The number of amides is 2. The van der Waals surface area contributed by atoms with E-state index in [1.807, 2.05) is 12.1 Å². The van der Waals surface area contributed by atoms with Gasteiger partial charge in [0.15, 0.2) is 0 Å². The van der Waals surface area contributed by atoms with E-state index >= 15 is 0 Å². The second kappa shape index (κ2) is 7.25. The highest BCUT2D eigenvalue weighted by Crippen LogP contribution is 2.19. The molecule has 1 aliphatic carbocycles. The molecule has 0 aromatic heterocycles. The maximum Gasteiger partial charge on any atom is 0.228 e. The van der Waals surface area contributed by atoms with E-state index in [2.05, 4.69) is 10.6 Å². The summed E-state index contributed by atoms with van der Waals surface area (Å²) >= 11 is 0. The number of rotatable bonds is 6. The van der Waals surface area contributed by atoms with Gasteiger partial charge in [-0.1, -0.05) is 24.3 Å². The first-order chi connectivity index (χ1) is 11.6. The highest BCUT2D eigenvalue weighted by atomic mass is 19.1. The summed E-state index contributed by atoms with van der Waals surface area (Å²) in [5.74, 6) is -0.452. The van der Waals surface area contributed by atoms with Crippen LogP contribution in [-0.4, -0.2) is 17.9 Å². The third-order valence-corrected chi connectivity index (χ3v) is 3.82. The zero-order chi connectivity index (χ0) is 16.9. The van der Waals surface area contributed by atoms with Crippen molar-refractivity contribution in [3.8, 4) is 0 Å². The third kappa shape index (κ3) is 4.91. The fourth-order valence-electron chi connectivity index (χ4n) is 2.39. The molecule has 0 heterocycles. The molecule has 5 heteroatoms. The molecule has 0 atom stereocenters. The second-order valence-electron chi connectivity index (χ2n) is 6.07. The van der Waals surface area contributed by atoms with Gasteiger partial charge >= 0.3 is 0 Å². The molecule has 0 bridgehead atoms. The fraction of sp³-hybridized carbons (Fsp3) is 0.263. The van der Waals surface area contributed by atoms with Crippen LogP contribution in [0.1, 0.15) is 24.0 Å². The first kappa shape index (κ1) is 16.2. The van der Waals surface area contributed by atoms with Gasteiger partial charge in [0.1, 0.15) is 5.82 Å². The van der Waals surface area contributed by atoms with Crippen molar-refractivity contribution in [2.45, 2.75) is 31.7 Å². The van der Waals surface area contributed by atoms with Crippen molar-refractivity contribution >= 4 is 17.5 Å². The van der Waals surface area contributed by atoms with E-state index in [4.69, 9.17) is 0 Å². The van der Waals surface area contributed by atoms with E-state index in [1.165, 1.54) is 12.1 Å². The molecule has 0 saturated heterocycles. The molecule has 0 radical (unpaired) electrons. The minimum absolute atomic E-state index is 0.0330. The Bertz CT molecular complexity index is 722. The number of carbonyl (C=O) groups is 2.